The van der Waals surface area contributed by atoms with E-state index >= 15 is 0 Å². The molecule has 0 unspecified atom stereocenters. The molecule has 0 fully saturated rings. The Bertz CT molecular complexity index is 318. The van der Waals surface area contributed by atoms with Gasteiger partial charge < -0.3 is 5.11 Å². The molecule has 0 atom stereocenters. The molecule has 4 nitrogen and oxygen atoms in total. The predicted molar refractivity (Wildman–Crippen MR) is 34.7 cm³/mol. The Balaban J connectivity index is 2.60. The number of aromatic carboxylic acids is 1. The summed E-state index contributed by atoms with van der Waals surface area (Å²) in [5, 5.41) is 8.59. The normalized spacial score (nSPS) is 12.0. The predicted octanol–water partition coefficient (Wildman–Crippen LogP) is 1.07. The van der Waals surface area contributed by atoms with Crippen molar-refractivity contribution in [3.63, 3.8) is 0 Å². The van der Waals surface area contributed by atoms with E-state index in [0.29, 0.717) is 5.75 Å². The van der Waals surface area contributed by atoms with E-state index in [1.807, 2.05) is 0 Å². The van der Waals surface area contributed by atoms with Crippen LogP contribution in [0.1, 0.15) is 10.4 Å². The van der Waals surface area contributed by atoms with E-state index in [-0.39, 0.29) is 11.3 Å². The van der Waals surface area contributed by atoms with Crippen LogP contribution in [0.25, 0.3) is 0 Å². The minimum absolute atomic E-state index is 0.133. The van der Waals surface area contributed by atoms with Gasteiger partial charge in [0.1, 0.15) is 5.56 Å². The van der Waals surface area contributed by atoms with Crippen molar-refractivity contribution in [3.8, 4) is 11.5 Å². The number of benzene rings is 1. The standard InChI is InChI=1S/C7H4O4/c8-7(9)5-3-4-1-2-6(5)11-10-4/h1-3H,(H,8,9). The third-order valence-corrected chi connectivity index (χ3v) is 1.41. The van der Waals surface area contributed by atoms with E-state index < -0.39 is 5.97 Å². The Morgan fingerprint density at radius 2 is 2.18 bits per heavy atom. The zero-order valence-corrected chi connectivity index (χ0v) is 5.40. The maximum Gasteiger partial charge on any atom is 0.339 e. The highest BCUT2D eigenvalue weighted by Crippen LogP contribution is 2.29. The summed E-state index contributed by atoms with van der Waals surface area (Å²) in [4.78, 5) is 19.7. The number of fused-ring (bicyclic) bond motifs is 3. The molecule has 2 aliphatic heterocycles. The molecule has 0 radical (unpaired) electrons. The van der Waals surface area contributed by atoms with Gasteiger partial charge in [-0.2, -0.15) is 0 Å². The van der Waals surface area contributed by atoms with Gasteiger partial charge in [-0.3, -0.25) is 9.78 Å². The summed E-state index contributed by atoms with van der Waals surface area (Å²) in [6.07, 6.45) is 0. The molecular formula is C7H4O4. The Hall–Kier alpha value is -1.71. The van der Waals surface area contributed by atoms with Crippen LogP contribution in [0.2, 0.25) is 0 Å². The molecule has 1 N–H and O–H groups in total. The largest absolute Gasteiger partial charge is 0.478 e. The molecule has 0 saturated heterocycles. The molecule has 0 spiro atoms. The molecule has 0 saturated carbocycles. The molecule has 2 heterocycles. The van der Waals surface area contributed by atoms with Crippen molar-refractivity contribution in [2.24, 2.45) is 0 Å². The lowest BCUT2D eigenvalue weighted by molar-refractivity contribution is -0.108. The number of carbonyl (C=O) groups is 1. The molecule has 0 aliphatic carbocycles. The minimum atomic E-state index is -1.01. The quantitative estimate of drug-likeness (QED) is 0.611. The van der Waals surface area contributed by atoms with Gasteiger partial charge in [-0.1, -0.05) is 0 Å². The Labute approximate surface area is 61.9 Å². The summed E-state index contributed by atoms with van der Waals surface area (Å²) in [6.45, 7) is 0. The smallest absolute Gasteiger partial charge is 0.339 e. The van der Waals surface area contributed by atoms with Crippen molar-refractivity contribution >= 4 is 5.97 Å². The maximum atomic E-state index is 10.5. The van der Waals surface area contributed by atoms with Crippen LogP contribution in [0.15, 0.2) is 18.2 Å². The summed E-state index contributed by atoms with van der Waals surface area (Å²) < 4.78 is 0. The third kappa shape index (κ3) is 0.797. The zero-order chi connectivity index (χ0) is 7.84. The van der Waals surface area contributed by atoms with Gasteiger partial charge in [0.05, 0.1) is 0 Å². The molecule has 4 heteroatoms. The van der Waals surface area contributed by atoms with Gasteiger partial charge in [0.15, 0.2) is 11.5 Å². The van der Waals surface area contributed by atoms with Gasteiger partial charge in [-0.25, -0.2) is 4.79 Å². The van der Waals surface area contributed by atoms with Crippen LogP contribution in [0.3, 0.4) is 0 Å². The highest BCUT2D eigenvalue weighted by molar-refractivity contribution is 5.91. The van der Waals surface area contributed by atoms with E-state index in [2.05, 4.69) is 9.78 Å². The first kappa shape index (κ1) is 6.03. The van der Waals surface area contributed by atoms with E-state index in [1.54, 1.807) is 12.1 Å². The molecule has 1 aromatic rings. The Kier molecular flexibility index (Phi) is 1.03. The number of rotatable bonds is 1. The van der Waals surface area contributed by atoms with Crippen LogP contribution in [-0.4, -0.2) is 11.1 Å². The van der Waals surface area contributed by atoms with Crippen LogP contribution in [0, 0.1) is 0 Å². The molecule has 11 heavy (non-hydrogen) atoms. The maximum absolute atomic E-state index is 10.5. The number of carboxylic acid groups (broad SMARTS) is 1. The molecule has 1 aromatic carbocycles. The van der Waals surface area contributed by atoms with E-state index in [0.717, 1.165) is 0 Å². The Morgan fingerprint density at radius 3 is 2.45 bits per heavy atom. The van der Waals surface area contributed by atoms with Crippen LogP contribution < -0.4 is 9.78 Å². The number of hydrogen-bond donors (Lipinski definition) is 1. The van der Waals surface area contributed by atoms with Crippen LogP contribution >= 0.6 is 0 Å². The molecule has 3 rings (SSSR count). The number of carboxylic acids is 1. The molecule has 0 aromatic heterocycles. The van der Waals surface area contributed by atoms with Gasteiger partial charge in [-0.15, -0.1) is 0 Å². The SMILES string of the molecule is O=C(O)c1cc2ccc1OO2. The van der Waals surface area contributed by atoms with Crippen LogP contribution in [-0.2, 0) is 0 Å². The van der Waals surface area contributed by atoms with Gasteiger partial charge in [-0.05, 0) is 12.1 Å². The first-order valence-corrected chi connectivity index (χ1v) is 2.99. The van der Waals surface area contributed by atoms with Crippen molar-refractivity contribution in [1.29, 1.82) is 0 Å². The highest BCUT2D eigenvalue weighted by Gasteiger charge is 2.18. The monoisotopic (exact) mass is 152 g/mol. The number of hydrogen-bond acceptors (Lipinski definition) is 3. The van der Waals surface area contributed by atoms with Gasteiger partial charge in [0.25, 0.3) is 0 Å². The fourth-order valence-corrected chi connectivity index (χ4v) is 0.894. The lowest BCUT2D eigenvalue weighted by Crippen LogP contribution is -2.11. The molecule has 2 bridgehead atoms. The zero-order valence-electron chi connectivity index (χ0n) is 5.40. The highest BCUT2D eigenvalue weighted by atomic mass is 17.2. The third-order valence-electron chi connectivity index (χ3n) is 1.41. The van der Waals surface area contributed by atoms with Crippen molar-refractivity contribution in [3.05, 3.63) is 23.8 Å². The lowest BCUT2D eigenvalue weighted by atomic mass is 10.2. The topological polar surface area (TPSA) is 55.8 Å². The first-order chi connectivity index (χ1) is 5.27. The van der Waals surface area contributed by atoms with Crippen molar-refractivity contribution < 1.29 is 19.7 Å². The average Bonchev–Trinajstić information content (AvgIpc) is 2.06. The van der Waals surface area contributed by atoms with Gasteiger partial charge >= 0.3 is 5.97 Å². The van der Waals surface area contributed by atoms with Crippen molar-refractivity contribution in [1.82, 2.24) is 0 Å². The first-order valence-electron chi connectivity index (χ1n) is 2.99. The second kappa shape index (κ2) is 1.88. The minimum Gasteiger partial charge on any atom is -0.478 e. The summed E-state index contributed by atoms with van der Waals surface area (Å²) >= 11 is 0. The second-order valence-electron chi connectivity index (χ2n) is 2.13. The van der Waals surface area contributed by atoms with Gasteiger partial charge in [0, 0.05) is 6.07 Å². The molecule has 0 amide bonds. The molecule has 56 valence electrons. The van der Waals surface area contributed by atoms with E-state index in [4.69, 9.17) is 5.11 Å². The lowest BCUT2D eigenvalue weighted by Gasteiger charge is -2.14. The fourth-order valence-electron chi connectivity index (χ4n) is 0.894. The summed E-state index contributed by atoms with van der Waals surface area (Å²) in [7, 11) is 0. The van der Waals surface area contributed by atoms with Crippen LogP contribution in [0.4, 0.5) is 0 Å². The second-order valence-corrected chi connectivity index (χ2v) is 2.13. The van der Waals surface area contributed by atoms with E-state index in [1.165, 1.54) is 6.07 Å². The van der Waals surface area contributed by atoms with Crippen molar-refractivity contribution in [2.75, 3.05) is 0 Å². The fraction of sp³-hybridized carbons (Fsp3) is 0. The molecule has 2 aliphatic rings. The van der Waals surface area contributed by atoms with Crippen LogP contribution in [0.5, 0.6) is 11.5 Å². The summed E-state index contributed by atoms with van der Waals surface area (Å²) in [5.74, 6) is -0.352. The molecular weight excluding hydrogens is 148 g/mol. The van der Waals surface area contributed by atoms with E-state index in [9.17, 15) is 4.79 Å². The Morgan fingerprint density at radius 1 is 1.36 bits per heavy atom. The average molecular weight is 152 g/mol. The van der Waals surface area contributed by atoms with Gasteiger partial charge in [0.2, 0.25) is 0 Å². The summed E-state index contributed by atoms with van der Waals surface area (Å²) in [6, 6.07) is 4.62. The summed E-state index contributed by atoms with van der Waals surface area (Å²) in [5.41, 5.74) is 0.133. The van der Waals surface area contributed by atoms with Crippen molar-refractivity contribution in [2.45, 2.75) is 0 Å².